The summed E-state index contributed by atoms with van der Waals surface area (Å²) in [7, 11) is 0. The molecule has 0 fully saturated rings. The quantitative estimate of drug-likeness (QED) is 0.455. The molecule has 0 heterocycles. The summed E-state index contributed by atoms with van der Waals surface area (Å²) < 4.78 is 6.44. The van der Waals surface area contributed by atoms with Crippen molar-refractivity contribution in [2.45, 2.75) is 13.8 Å². The lowest BCUT2D eigenvalue weighted by Crippen LogP contribution is -2.30. The fourth-order valence-corrected chi connectivity index (χ4v) is 3.65. The van der Waals surface area contributed by atoms with Crippen LogP contribution in [0.15, 0.2) is 77.3 Å². The molecular weight excluding hydrogens is 456 g/mol. The molecule has 0 radical (unpaired) electrons. The van der Waals surface area contributed by atoms with E-state index in [0.717, 1.165) is 15.6 Å². The number of rotatable bonds is 8. The molecule has 31 heavy (non-hydrogen) atoms. The van der Waals surface area contributed by atoms with Gasteiger partial charge in [0.15, 0.2) is 6.61 Å². The minimum absolute atomic E-state index is 0.0185. The average molecular weight is 481 g/mol. The number of amides is 2. The van der Waals surface area contributed by atoms with Crippen molar-refractivity contribution < 1.29 is 14.3 Å². The van der Waals surface area contributed by atoms with Gasteiger partial charge in [-0.15, -0.1) is 0 Å². The summed E-state index contributed by atoms with van der Waals surface area (Å²) in [6.45, 7) is 5.09. The standard InChI is InChI=1S/C25H25BrN2O3/c1-3-28(4-2)25(30)19-10-13-21(14-11-19)27-24(29)17-31-23-15-12-20(16-22(23)26)18-8-6-5-7-9-18/h5-16H,3-4,17H2,1-2H3,(H,27,29). The second-order valence-electron chi connectivity index (χ2n) is 6.90. The van der Waals surface area contributed by atoms with E-state index in [9.17, 15) is 9.59 Å². The van der Waals surface area contributed by atoms with E-state index in [1.54, 1.807) is 29.2 Å². The minimum atomic E-state index is -0.276. The number of carbonyl (C=O) groups is 2. The van der Waals surface area contributed by atoms with Gasteiger partial charge in [0, 0.05) is 24.3 Å². The van der Waals surface area contributed by atoms with E-state index >= 15 is 0 Å². The van der Waals surface area contributed by atoms with Crippen LogP contribution in [-0.4, -0.2) is 36.4 Å². The number of benzene rings is 3. The number of carbonyl (C=O) groups excluding carboxylic acids is 2. The topological polar surface area (TPSA) is 58.6 Å². The maximum Gasteiger partial charge on any atom is 0.262 e. The molecule has 2 amide bonds. The van der Waals surface area contributed by atoms with E-state index in [0.29, 0.717) is 30.1 Å². The summed E-state index contributed by atoms with van der Waals surface area (Å²) in [6.07, 6.45) is 0. The van der Waals surface area contributed by atoms with Crippen molar-refractivity contribution >= 4 is 33.4 Å². The molecule has 3 rings (SSSR count). The monoisotopic (exact) mass is 480 g/mol. The Morgan fingerprint density at radius 1 is 0.903 bits per heavy atom. The number of nitrogens with one attached hydrogen (secondary N) is 1. The summed E-state index contributed by atoms with van der Waals surface area (Å²) in [5, 5.41) is 2.79. The van der Waals surface area contributed by atoms with E-state index in [-0.39, 0.29) is 18.4 Å². The first-order chi connectivity index (χ1) is 15.0. The normalized spacial score (nSPS) is 10.4. The summed E-state index contributed by atoms with van der Waals surface area (Å²) in [4.78, 5) is 26.4. The van der Waals surface area contributed by atoms with E-state index in [1.807, 2.05) is 62.4 Å². The van der Waals surface area contributed by atoms with Gasteiger partial charge in [-0.25, -0.2) is 0 Å². The Labute approximate surface area is 191 Å². The lowest BCUT2D eigenvalue weighted by atomic mass is 10.1. The molecule has 0 bridgehead atoms. The van der Waals surface area contributed by atoms with Crippen molar-refractivity contribution in [3.63, 3.8) is 0 Å². The van der Waals surface area contributed by atoms with Crippen LogP contribution in [0.2, 0.25) is 0 Å². The molecule has 0 aliphatic rings. The SMILES string of the molecule is CCN(CC)C(=O)c1ccc(NC(=O)COc2ccc(-c3ccccc3)cc2Br)cc1. The van der Waals surface area contributed by atoms with Crippen molar-refractivity contribution in [2.24, 2.45) is 0 Å². The maximum atomic E-state index is 12.4. The smallest absolute Gasteiger partial charge is 0.262 e. The number of nitrogens with zero attached hydrogens (tertiary/aromatic N) is 1. The molecule has 3 aromatic carbocycles. The Hall–Kier alpha value is -3.12. The fraction of sp³-hybridized carbons (Fsp3) is 0.200. The van der Waals surface area contributed by atoms with E-state index in [4.69, 9.17) is 4.74 Å². The predicted octanol–water partition coefficient (Wildman–Crippen LogP) is 5.62. The van der Waals surface area contributed by atoms with E-state index in [1.165, 1.54) is 0 Å². The first kappa shape index (κ1) is 22.6. The summed E-state index contributed by atoms with van der Waals surface area (Å²) in [5.41, 5.74) is 3.38. The molecule has 1 N–H and O–H groups in total. The van der Waals surface area contributed by atoms with Crippen molar-refractivity contribution in [1.82, 2.24) is 4.90 Å². The van der Waals surface area contributed by atoms with Crippen LogP contribution < -0.4 is 10.1 Å². The van der Waals surface area contributed by atoms with Crippen LogP contribution in [0.4, 0.5) is 5.69 Å². The Morgan fingerprint density at radius 3 is 2.19 bits per heavy atom. The first-order valence-electron chi connectivity index (χ1n) is 10.2. The fourth-order valence-electron chi connectivity index (χ4n) is 3.16. The molecule has 0 saturated heterocycles. The molecule has 6 heteroatoms. The van der Waals surface area contributed by atoms with Crippen LogP contribution in [-0.2, 0) is 4.79 Å². The van der Waals surface area contributed by atoms with Crippen molar-refractivity contribution in [3.8, 4) is 16.9 Å². The number of hydrogen-bond donors (Lipinski definition) is 1. The van der Waals surface area contributed by atoms with Crippen LogP contribution in [0, 0.1) is 0 Å². The molecule has 160 valence electrons. The van der Waals surface area contributed by atoms with E-state index < -0.39 is 0 Å². The summed E-state index contributed by atoms with van der Waals surface area (Å²) >= 11 is 3.51. The molecule has 0 atom stereocenters. The van der Waals surface area contributed by atoms with Gasteiger partial charge in [0.2, 0.25) is 0 Å². The molecule has 5 nitrogen and oxygen atoms in total. The highest BCUT2D eigenvalue weighted by atomic mass is 79.9. The molecule has 0 saturated carbocycles. The highest BCUT2D eigenvalue weighted by molar-refractivity contribution is 9.10. The number of ether oxygens (including phenoxy) is 1. The molecule has 0 unspecified atom stereocenters. The van der Waals surface area contributed by atoms with Crippen molar-refractivity contribution in [3.05, 3.63) is 82.8 Å². The molecule has 3 aromatic rings. The van der Waals surface area contributed by atoms with Crippen LogP contribution >= 0.6 is 15.9 Å². The Morgan fingerprint density at radius 2 is 1.58 bits per heavy atom. The van der Waals surface area contributed by atoms with Gasteiger partial charge < -0.3 is 15.0 Å². The first-order valence-corrected chi connectivity index (χ1v) is 11.0. The molecule has 0 spiro atoms. The van der Waals surface area contributed by atoms with Crippen LogP contribution in [0.3, 0.4) is 0 Å². The van der Waals surface area contributed by atoms with Gasteiger partial charge in [-0.2, -0.15) is 0 Å². The third-order valence-corrected chi connectivity index (χ3v) is 5.48. The number of hydrogen-bond acceptors (Lipinski definition) is 3. The third-order valence-electron chi connectivity index (χ3n) is 4.86. The summed E-state index contributed by atoms with van der Waals surface area (Å²) in [5.74, 6) is 0.298. The molecular formula is C25H25BrN2O3. The van der Waals surface area contributed by atoms with Gasteiger partial charge in [-0.3, -0.25) is 9.59 Å². The Kier molecular flexibility index (Phi) is 7.84. The Balaban J connectivity index is 1.56. The number of halogens is 1. The predicted molar refractivity (Wildman–Crippen MR) is 127 cm³/mol. The summed E-state index contributed by atoms with van der Waals surface area (Å²) in [6, 6.07) is 22.7. The van der Waals surface area contributed by atoms with Gasteiger partial charge in [-0.05, 0) is 77.3 Å². The maximum absolute atomic E-state index is 12.4. The zero-order valence-corrected chi connectivity index (χ0v) is 19.2. The zero-order chi connectivity index (χ0) is 22.2. The lowest BCUT2D eigenvalue weighted by molar-refractivity contribution is -0.118. The average Bonchev–Trinajstić information content (AvgIpc) is 2.80. The highest BCUT2D eigenvalue weighted by Gasteiger charge is 2.13. The lowest BCUT2D eigenvalue weighted by Gasteiger charge is -2.18. The van der Waals surface area contributed by atoms with Crippen molar-refractivity contribution in [1.29, 1.82) is 0 Å². The van der Waals surface area contributed by atoms with Gasteiger partial charge in [0.25, 0.3) is 11.8 Å². The second kappa shape index (κ2) is 10.8. The second-order valence-corrected chi connectivity index (χ2v) is 7.76. The third kappa shape index (κ3) is 5.95. The minimum Gasteiger partial charge on any atom is -0.483 e. The van der Waals surface area contributed by atoms with Crippen LogP contribution in [0.5, 0.6) is 5.75 Å². The van der Waals surface area contributed by atoms with Crippen LogP contribution in [0.1, 0.15) is 24.2 Å². The Bertz CT molecular complexity index is 1030. The largest absolute Gasteiger partial charge is 0.483 e. The highest BCUT2D eigenvalue weighted by Crippen LogP contribution is 2.30. The van der Waals surface area contributed by atoms with Gasteiger partial charge >= 0.3 is 0 Å². The van der Waals surface area contributed by atoms with Crippen molar-refractivity contribution in [2.75, 3.05) is 25.0 Å². The van der Waals surface area contributed by atoms with E-state index in [2.05, 4.69) is 21.2 Å². The zero-order valence-electron chi connectivity index (χ0n) is 17.6. The van der Waals surface area contributed by atoms with Gasteiger partial charge in [-0.1, -0.05) is 36.4 Å². The molecule has 0 aromatic heterocycles. The number of anilines is 1. The van der Waals surface area contributed by atoms with Crippen LogP contribution in [0.25, 0.3) is 11.1 Å². The molecule has 0 aliphatic carbocycles. The van der Waals surface area contributed by atoms with Gasteiger partial charge in [0.1, 0.15) is 5.75 Å². The molecule has 0 aliphatic heterocycles. The van der Waals surface area contributed by atoms with Gasteiger partial charge in [0.05, 0.1) is 4.47 Å².